The van der Waals surface area contributed by atoms with Gasteiger partial charge in [-0.05, 0) is 38.5 Å². The molecule has 5 nitrogen and oxygen atoms in total. The van der Waals surface area contributed by atoms with Crippen LogP contribution in [-0.4, -0.2) is 24.5 Å². The van der Waals surface area contributed by atoms with Crippen LogP contribution in [0, 0.1) is 6.92 Å². The van der Waals surface area contributed by atoms with Crippen molar-refractivity contribution >= 4 is 23.4 Å². The summed E-state index contributed by atoms with van der Waals surface area (Å²) in [7, 11) is 0. The zero-order valence-electron chi connectivity index (χ0n) is 12.6. The quantitative estimate of drug-likeness (QED) is 0.669. The van der Waals surface area contributed by atoms with Crippen molar-refractivity contribution in [3.05, 3.63) is 39.9 Å². The molecule has 0 fully saturated rings. The van der Waals surface area contributed by atoms with Crippen molar-refractivity contribution in [2.24, 2.45) is 5.73 Å². The van der Waals surface area contributed by atoms with Crippen molar-refractivity contribution < 1.29 is 4.79 Å². The van der Waals surface area contributed by atoms with E-state index in [1.165, 1.54) is 4.91 Å². The molecule has 5 N–H and O–H groups in total. The number of nitrogens with two attached hydrogens (primary N) is 1. The number of allylic oxidation sites excluding steroid dienone is 2. The molecular weight excluding hydrogens is 284 g/mol. The van der Waals surface area contributed by atoms with Gasteiger partial charge >= 0.3 is 0 Å². The van der Waals surface area contributed by atoms with Gasteiger partial charge in [0.1, 0.15) is 0 Å². The lowest BCUT2D eigenvalue weighted by atomic mass is 10.1. The fourth-order valence-electron chi connectivity index (χ4n) is 2.05. The zero-order chi connectivity index (χ0) is 15.4. The van der Waals surface area contributed by atoms with Crippen molar-refractivity contribution in [1.82, 2.24) is 10.6 Å². The molecule has 1 aliphatic rings. The summed E-state index contributed by atoms with van der Waals surface area (Å²) >= 11 is 1.62. The lowest BCUT2D eigenvalue weighted by molar-refractivity contribution is 0.0947. The average Bonchev–Trinajstić information content (AvgIpc) is 2.76. The number of nitrogens with one attached hydrogen (secondary N) is 3. The van der Waals surface area contributed by atoms with Crippen molar-refractivity contribution in [1.29, 1.82) is 0 Å². The Balaban J connectivity index is 2.05. The summed E-state index contributed by atoms with van der Waals surface area (Å²) in [6, 6.07) is 5.77. The third-order valence-corrected chi connectivity index (χ3v) is 4.52. The predicted octanol–water partition coefficient (Wildman–Crippen LogP) is 1.97. The Kier molecular flexibility index (Phi) is 5.14. The van der Waals surface area contributed by atoms with E-state index in [0.29, 0.717) is 18.7 Å². The first-order valence-electron chi connectivity index (χ1n) is 6.97. The molecule has 1 aromatic carbocycles. The van der Waals surface area contributed by atoms with Crippen molar-refractivity contribution in [2.45, 2.75) is 26.3 Å². The van der Waals surface area contributed by atoms with Crippen LogP contribution in [0.4, 0.5) is 5.69 Å². The molecule has 0 saturated carbocycles. The molecule has 114 valence electrons. The molecule has 21 heavy (non-hydrogen) atoms. The summed E-state index contributed by atoms with van der Waals surface area (Å²) in [5, 5.41) is 9.44. The van der Waals surface area contributed by atoms with Crippen molar-refractivity contribution in [3.8, 4) is 0 Å². The average molecular weight is 306 g/mol. The molecule has 1 heterocycles. The minimum absolute atomic E-state index is 0.0728. The molecule has 0 radical (unpaired) electrons. The molecule has 0 aliphatic carbocycles. The highest BCUT2D eigenvalue weighted by Crippen LogP contribution is 2.28. The fraction of sp³-hybridized carbons (Fsp3) is 0.400. The number of carbonyl (C=O) groups excluding carboxylic acids is 1. The lowest BCUT2D eigenvalue weighted by Gasteiger charge is -2.16. The highest BCUT2D eigenvalue weighted by atomic mass is 32.2. The largest absolute Gasteiger partial charge is 0.384 e. The molecule has 1 amide bonds. The van der Waals surface area contributed by atoms with Crippen LogP contribution < -0.4 is 21.7 Å². The van der Waals surface area contributed by atoms with E-state index in [0.717, 1.165) is 16.9 Å². The maximum Gasteiger partial charge on any atom is 0.253 e. The van der Waals surface area contributed by atoms with E-state index in [1.54, 1.807) is 11.8 Å². The van der Waals surface area contributed by atoms with Gasteiger partial charge in [0.05, 0.1) is 0 Å². The number of hydrogen-bond acceptors (Lipinski definition) is 5. The van der Waals surface area contributed by atoms with Gasteiger partial charge in [-0.25, -0.2) is 0 Å². The molecule has 0 saturated heterocycles. The van der Waals surface area contributed by atoms with Gasteiger partial charge in [-0.15, -0.1) is 0 Å². The Morgan fingerprint density at radius 2 is 2.14 bits per heavy atom. The molecule has 1 unspecified atom stereocenters. The monoisotopic (exact) mass is 306 g/mol. The third-order valence-electron chi connectivity index (χ3n) is 3.39. The first kappa shape index (κ1) is 15.7. The molecule has 1 atom stereocenters. The van der Waals surface area contributed by atoms with Gasteiger partial charge in [-0.3, -0.25) is 4.79 Å². The Labute approximate surface area is 129 Å². The maximum atomic E-state index is 12.4. The van der Waals surface area contributed by atoms with Gasteiger partial charge in [-0.2, -0.15) is 0 Å². The lowest BCUT2D eigenvalue weighted by Crippen LogP contribution is -2.39. The topological polar surface area (TPSA) is 79.2 Å². The first-order valence-corrected chi connectivity index (χ1v) is 7.85. The first-order chi connectivity index (χ1) is 10.0. The van der Waals surface area contributed by atoms with Crippen LogP contribution >= 0.6 is 11.8 Å². The second-order valence-corrected chi connectivity index (χ2v) is 6.36. The van der Waals surface area contributed by atoms with Crippen LogP contribution in [0.25, 0.3) is 0 Å². The minimum atomic E-state index is -0.0995. The summed E-state index contributed by atoms with van der Waals surface area (Å²) in [5.74, 6) is -0.0728. The SMILES string of the molecule is CC1=C(C)SC(NC(=O)c2cc(NCCN)ccc2C)N1. The zero-order valence-corrected chi connectivity index (χ0v) is 13.4. The van der Waals surface area contributed by atoms with E-state index in [1.807, 2.05) is 39.0 Å². The smallest absolute Gasteiger partial charge is 0.253 e. The minimum Gasteiger partial charge on any atom is -0.384 e. The molecule has 2 rings (SSSR count). The highest BCUT2D eigenvalue weighted by Gasteiger charge is 2.21. The Bertz CT molecular complexity index is 557. The van der Waals surface area contributed by atoms with Gasteiger partial charge in [0, 0.05) is 34.9 Å². The maximum absolute atomic E-state index is 12.4. The normalized spacial score (nSPS) is 17.6. The summed E-state index contributed by atoms with van der Waals surface area (Å²) in [6.45, 7) is 7.24. The van der Waals surface area contributed by atoms with Gasteiger partial charge in [-0.1, -0.05) is 17.8 Å². The van der Waals surface area contributed by atoms with E-state index in [4.69, 9.17) is 5.73 Å². The summed E-state index contributed by atoms with van der Waals surface area (Å²) in [4.78, 5) is 13.6. The summed E-state index contributed by atoms with van der Waals surface area (Å²) in [5.41, 5.74) is 9.04. The van der Waals surface area contributed by atoms with E-state index >= 15 is 0 Å². The Hall–Kier alpha value is -1.66. The molecule has 0 bridgehead atoms. The molecule has 1 aromatic rings. The Morgan fingerprint density at radius 3 is 2.76 bits per heavy atom. The van der Waals surface area contributed by atoms with Crippen molar-refractivity contribution in [2.75, 3.05) is 18.4 Å². The van der Waals surface area contributed by atoms with Gasteiger partial charge in [0.2, 0.25) is 0 Å². The van der Waals surface area contributed by atoms with E-state index < -0.39 is 0 Å². The number of benzene rings is 1. The van der Waals surface area contributed by atoms with Crippen LogP contribution in [0.2, 0.25) is 0 Å². The predicted molar refractivity (Wildman–Crippen MR) is 89.1 cm³/mol. The third kappa shape index (κ3) is 3.92. The molecule has 0 aromatic heterocycles. The van der Waals surface area contributed by atoms with Crippen LogP contribution in [0.1, 0.15) is 29.8 Å². The second-order valence-electron chi connectivity index (χ2n) is 5.04. The van der Waals surface area contributed by atoms with Gasteiger partial charge in [0.15, 0.2) is 5.50 Å². The van der Waals surface area contributed by atoms with Crippen LogP contribution in [0.5, 0.6) is 0 Å². The standard InChI is InChI=1S/C15H22N4OS/c1-9-4-5-12(17-7-6-16)8-13(9)14(20)19-15-18-10(2)11(3)21-15/h4-5,8,15,17-18H,6-7,16H2,1-3H3,(H,19,20). The van der Waals surface area contributed by atoms with Crippen LogP contribution in [0.3, 0.4) is 0 Å². The van der Waals surface area contributed by atoms with Gasteiger partial charge < -0.3 is 21.7 Å². The number of anilines is 1. The molecular formula is C15H22N4OS. The van der Waals surface area contributed by atoms with Crippen LogP contribution in [0.15, 0.2) is 28.8 Å². The molecule has 6 heteroatoms. The van der Waals surface area contributed by atoms with E-state index in [-0.39, 0.29) is 11.4 Å². The van der Waals surface area contributed by atoms with Gasteiger partial charge in [0.25, 0.3) is 5.91 Å². The number of rotatable bonds is 5. The summed E-state index contributed by atoms with van der Waals surface area (Å²) in [6.07, 6.45) is 0. The van der Waals surface area contributed by atoms with Crippen LogP contribution in [-0.2, 0) is 0 Å². The number of thioether (sulfide) groups is 1. The molecule has 1 aliphatic heterocycles. The number of aryl methyl sites for hydroxylation is 1. The fourth-order valence-corrected chi connectivity index (χ4v) is 3.04. The van der Waals surface area contributed by atoms with E-state index in [2.05, 4.69) is 16.0 Å². The number of amides is 1. The number of hydrogen-bond donors (Lipinski definition) is 4. The van der Waals surface area contributed by atoms with Crippen molar-refractivity contribution in [3.63, 3.8) is 0 Å². The van der Waals surface area contributed by atoms with E-state index in [9.17, 15) is 4.79 Å². The molecule has 0 spiro atoms. The highest BCUT2D eigenvalue weighted by molar-refractivity contribution is 8.03. The second kappa shape index (κ2) is 6.87. The Morgan fingerprint density at radius 1 is 1.38 bits per heavy atom. The number of carbonyl (C=O) groups is 1. The summed E-state index contributed by atoms with van der Waals surface area (Å²) < 4.78 is 0.